The predicted molar refractivity (Wildman–Crippen MR) is 99.5 cm³/mol. The lowest BCUT2D eigenvalue weighted by atomic mass is 10.1. The molecule has 7 heteroatoms. The van der Waals surface area contributed by atoms with Crippen LogP contribution in [0.4, 0.5) is 15.8 Å². The van der Waals surface area contributed by atoms with Crippen molar-refractivity contribution in [1.29, 1.82) is 0 Å². The van der Waals surface area contributed by atoms with E-state index in [0.717, 1.165) is 5.56 Å². The summed E-state index contributed by atoms with van der Waals surface area (Å²) in [7, 11) is 0. The van der Waals surface area contributed by atoms with Crippen molar-refractivity contribution >= 4 is 23.2 Å². The number of aromatic nitrogens is 1. The number of carbonyl (C=O) groups is 2. The Balaban J connectivity index is 1.83. The minimum Gasteiger partial charge on any atom is -0.359 e. The Bertz CT molecular complexity index is 1010. The predicted octanol–water partition coefficient (Wildman–Crippen LogP) is 4.24. The molecular weight excluding hydrogens is 349 g/mol. The van der Waals surface area contributed by atoms with Crippen LogP contribution in [0, 0.1) is 26.6 Å². The summed E-state index contributed by atoms with van der Waals surface area (Å²) >= 11 is 0. The molecular formula is C20H18FN3O3. The van der Waals surface area contributed by atoms with E-state index >= 15 is 0 Å². The highest BCUT2D eigenvalue weighted by Crippen LogP contribution is 2.22. The second-order valence-electron chi connectivity index (χ2n) is 6.12. The third-order valence-corrected chi connectivity index (χ3v) is 4.14. The van der Waals surface area contributed by atoms with Gasteiger partial charge in [0.2, 0.25) is 0 Å². The number of carbonyl (C=O) groups excluding carboxylic acids is 2. The van der Waals surface area contributed by atoms with Gasteiger partial charge in [-0.3, -0.25) is 9.59 Å². The number of rotatable bonds is 4. The van der Waals surface area contributed by atoms with Crippen LogP contribution in [0.2, 0.25) is 0 Å². The molecule has 0 saturated carbocycles. The molecule has 0 fully saturated rings. The van der Waals surface area contributed by atoms with Crippen LogP contribution in [-0.4, -0.2) is 17.0 Å². The number of benzene rings is 2. The first kappa shape index (κ1) is 18.3. The zero-order valence-corrected chi connectivity index (χ0v) is 15.1. The van der Waals surface area contributed by atoms with Gasteiger partial charge < -0.3 is 15.2 Å². The van der Waals surface area contributed by atoms with E-state index < -0.39 is 11.7 Å². The molecule has 0 atom stereocenters. The van der Waals surface area contributed by atoms with Gasteiger partial charge in [-0.15, -0.1) is 0 Å². The number of amides is 2. The van der Waals surface area contributed by atoms with Crippen molar-refractivity contribution in [1.82, 2.24) is 5.16 Å². The average molecular weight is 367 g/mol. The van der Waals surface area contributed by atoms with E-state index in [4.69, 9.17) is 4.52 Å². The molecule has 2 N–H and O–H groups in total. The van der Waals surface area contributed by atoms with Crippen molar-refractivity contribution in [3.05, 3.63) is 76.4 Å². The maximum atomic E-state index is 13.8. The summed E-state index contributed by atoms with van der Waals surface area (Å²) in [6, 6.07) is 10.6. The van der Waals surface area contributed by atoms with Crippen LogP contribution in [0.15, 0.2) is 47.0 Å². The van der Waals surface area contributed by atoms with Crippen LogP contribution in [-0.2, 0) is 0 Å². The van der Waals surface area contributed by atoms with Crippen LogP contribution < -0.4 is 10.6 Å². The number of halogens is 1. The number of nitrogens with zero attached hydrogens (tertiary/aromatic N) is 1. The van der Waals surface area contributed by atoms with Crippen LogP contribution in [0.3, 0.4) is 0 Å². The number of nitrogens with one attached hydrogen (secondary N) is 2. The molecule has 1 heterocycles. The minimum atomic E-state index is -0.611. The van der Waals surface area contributed by atoms with Crippen molar-refractivity contribution < 1.29 is 18.5 Å². The summed E-state index contributed by atoms with van der Waals surface area (Å²) in [5, 5.41) is 9.20. The van der Waals surface area contributed by atoms with Crippen LogP contribution in [0.1, 0.15) is 37.7 Å². The Kier molecular flexibility index (Phi) is 5.03. The molecule has 0 spiro atoms. The van der Waals surface area contributed by atoms with E-state index in [9.17, 15) is 14.0 Å². The smallest absolute Gasteiger partial charge is 0.258 e. The zero-order valence-electron chi connectivity index (χ0n) is 15.1. The van der Waals surface area contributed by atoms with Crippen molar-refractivity contribution in [3.63, 3.8) is 0 Å². The molecule has 0 saturated heterocycles. The van der Waals surface area contributed by atoms with Gasteiger partial charge in [-0.1, -0.05) is 23.4 Å². The average Bonchev–Trinajstić information content (AvgIpc) is 2.95. The summed E-state index contributed by atoms with van der Waals surface area (Å²) in [6.07, 6.45) is 0. The molecule has 0 unspecified atom stereocenters. The third-order valence-electron chi connectivity index (χ3n) is 4.14. The lowest BCUT2D eigenvalue weighted by molar-refractivity contribution is 0.101. The third kappa shape index (κ3) is 3.87. The molecule has 0 aliphatic rings. The lowest BCUT2D eigenvalue weighted by Crippen LogP contribution is -2.16. The fourth-order valence-corrected chi connectivity index (χ4v) is 2.58. The summed E-state index contributed by atoms with van der Waals surface area (Å²) in [6.45, 7) is 5.21. The first-order valence-corrected chi connectivity index (χ1v) is 8.27. The molecule has 3 aromatic rings. The van der Waals surface area contributed by atoms with Crippen LogP contribution in [0.25, 0.3) is 0 Å². The first-order valence-electron chi connectivity index (χ1n) is 8.27. The summed E-state index contributed by atoms with van der Waals surface area (Å²) in [5.41, 5.74) is 2.52. The molecule has 0 bridgehead atoms. The molecule has 0 aliphatic heterocycles. The van der Waals surface area contributed by atoms with E-state index in [2.05, 4.69) is 15.8 Å². The summed E-state index contributed by atoms with van der Waals surface area (Å²) in [5.74, 6) is -1.06. The van der Waals surface area contributed by atoms with E-state index in [1.165, 1.54) is 18.2 Å². The Labute approximate surface area is 155 Å². The highest BCUT2D eigenvalue weighted by Gasteiger charge is 2.16. The summed E-state index contributed by atoms with van der Waals surface area (Å²) < 4.78 is 18.8. The maximum Gasteiger partial charge on any atom is 0.258 e. The fourth-order valence-electron chi connectivity index (χ4n) is 2.58. The number of hydrogen-bond acceptors (Lipinski definition) is 4. The summed E-state index contributed by atoms with van der Waals surface area (Å²) in [4.78, 5) is 24.9. The van der Waals surface area contributed by atoms with Gasteiger partial charge in [0, 0.05) is 11.3 Å². The molecule has 0 aliphatic carbocycles. The maximum absolute atomic E-state index is 13.8. The molecule has 2 aromatic carbocycles. The molecule has 2 amide bonds. The fraction of sp³-hybridized carbons (Fsp3) is 0.150. The van der Waals surface area contributed by atoms with Gasteiger partial charge in [-0.25, -0.2) is 4.39 Å². The van der Waals surface area contributed by atoms with Gasteiger partial charge in [0.05, 0.1) is 5.56 Å². The van der Waals surface area contributed by atoms with E-state index in [1.54, 1.807) is 45.0 Å². The molecule has 3 rings (SSSR count). The van der Waals surface area contributed by atoms with Crippen LogP contribution >= 0.6 is 0 Å². The monoisotopic (exact) mass is 367 g/mol. The number of hydrogen-bond donors (Lipinski definition) is 2. The van der Waals surface area contributed by atoms with E-state index in [-0.39, 0.29) is 11.5 Å². The highest BCUT2D eigenvalue weighted by atomic mass is 19.1. The Morgan fingerprint density at radius 1 is 1.00 bits per heavy atom. The Morgan fingerprint density at radius 3 is 2.41 bits per heavy atom. The SMILES string of the molecule is Cc1ccc(C(=O)Nc2c(C)noc2C)cc1NC(=O)c1ccccc1F. The Morgan fingerprint density at radius 2 is 1.74 bits per heavy atom. The van der Waals surface area contributed by atoms with Crippen molar-refractivity contribution in [2.75, 3.05) is 10.6 Å². The van der Waals surface area contributed by atoms with Gasteiger partial charge in [-0.2, -0.15) is 0 Å². The quantitative estimate of drug-likeness (QED) is 0.722. The van der Waals surface area contributed by atoms with Crippen molar-refractivity contribution in [3.8, 4) is 0 Å². The standard InChI is InChI=1S/C20H18FN3O3/c1-11-8-9-14(19(25)23-18-12(2)24-27-13(18)3)10-17(11)22-20(26)15-6-4-5-7-16(15)21/h4-10H,1-3H3,(H,22,26)(H,23,25). The van der Waals surface area contributed by atoms with Gasteiger partial charge >= 0.3 is 0 Å². The lowest BCUT2D eigenvalue weighted by Gasteiger charge is -2.11. The first-order chi connectivity index (χ1) is 12.9. The normalized spacial score (nSPS) is 10.5. The number of aryl methyl sites for hydroxylation is 3. The molecule has 1 aromatic heterocycles. The van der Waals surface area contributed by atoms with E-state index in [1.807, 2.05) is 0 Å². The van der Waals surface area contributed by atoms with Gasteiger partial charge in [0.1, 0.15) is 17.2 Å². The van der Waals surface area contributed by atoms with Gasteiger partial charge in [0.15, 0.2) is 5.76 Å². The topological polar surface area (TPSA) is 84.2 Å². The molecule has 27 heavy (non-hydrogen) atoms. The minimum absolute atomic E-state index is 0.0672. The Hall–Kier alpha value is -3.48. The van der Waals surface area contributed by atoms with Crippen LogP contribution in [0.5, 0.6) is 0 Å². The zero-order chi connectivity index (χ0) is 19.6. The molecule has 138 valence electrons. The van der Waals surface area contributed by atoms with Gasteiger partial charge in [-0.05, 0) is 50.6 Å². The second-order valence-corrected chi connectivity index (χ2v) is 6.12. The van der Waals surface area contributed by atoms with Crippen molar-refractivity contribution in [2.45, 2.75) is 20.8 Å². The largest absolute Gasteiger partial charge is 0.359 e. The second kappa shape index (κ2) is 7.41. The van der Waals surface area contributed by atoms with Gasteiger partial charge in [0.25, 0.3) is 11.8 Å². The molecule has 0 radical (unpaired) electrons. The van der Waals surface area contributed by atoms with Crippen molar-refractivity contribution in [2.24, 2.45) is 0 Å². The number of anilines is 2. The highest BCUT2D eigenvalue weighted by molar-refractivity contribution is 6.08. The van der Waals surface area contributed by atoms with E-state index in [0.29, 0.717) is 28.4 Å². The molecule has 6 nitrogen and oxygen atoms in total.